The SMILES string of the molecule is CC(C)(C)O/N=[C]/c1ccccc1C1CCCCC1. The average Bonchev–Trinajstić information content (AvgIpc) is 2.39. The molecular formula is C17H24NO. The predicted octanol–water partition coefficient (Wildman–Crippen LogP) is 4.76. The molecule has 1 radical (unpaired) electrons. The molecule has 1 aliphatic rings. The van der Waals surface area contributed by atoms with Crippen LogP contribution < -0.4 is 0 Å². The normalized spacial score (nSPS) is 17.8. The summed E-state index contributed by atoms with van der Waals surface area (Å²) in [6, 6.07) is 8.45. The van der Waals surface area contributed by atoms with Crippen molar-refractivity contribution in [1.82, 2.24) is 0 Å². The first-order valence-electron chi connectivity index (χ1n) is 7.29. The fraction of sp³-hybridized carbons (Fsp3) is 0.588. The van der Waals surface area contributed by atoms with Crippen LogP contribution >= 0.6 is 0 Å². The van der Waals surface area contributed by atoms with Crippen molar-refractivity contribution >= 4 is 6.21 Å². The molecule has 19 heavy (non-hydrogen) atoms. The zero-order valence-electron chi connectivity index (χ0n) is 12.3. The van der Waals surface area contributed by atoms with E-state index in [0.29, 0.717) is 5.92 Å². The monoisotopic (exact) mass is 258 g/mol. The summed E-state index contributed by atoms with van der Waals surface area (Å²) in [5.74, 6) is 0.669. The highest BCUT2D eigenvalue weighted by Gasteiger charge is 2.18. The van der Waals surface area contributed by atoms with Crippen molar-refractivity contribution in [3.63, 3.8) is 0 Å². The summed E-state index contributed by atoms with van der Waals surface area (Å²) in [4.78, 5) is 5.39. The molecule has 0 atom stereocenters. The summed E-state index contributed by atoms with van der Waals surface area (Å²) in [6.07, 6.45) is 9.71. The summed E-state index contributed by atoms with van der Waals surface area (Å²) < 4.78 is 0. The maximum absolute atomic E-state index is 5.39. The van der Waals surface area contributed by atoms with Crippen molar-refractivity contribution in [3.8, 4) is 0 Å². The number of rotatable bonds is 3. The van der Waals surface area contributed by atoms with Crippen LogP contribution in [0, 0.1) is 0 Å². The molecule has 1 aliphatic carbocycles. The molecule has 0 saturated heterocycles. The van der Waals surface area contributed by atoms with Gasteiger partial charge in [0, 0.05) is 5.56 Å². The van der Waals surface area contributed by atoms with E-state index < -0.39 is 0 Å². The Labute approximate surface area is 116 Å². The Morgan fingerprint density at radius 3 is 2.47 bits per heavy atom. The second-order valence-electron chi connectivity index (χ2n) is 6.33. The minimum Gasteiger partial charge on any atom is -0.390 e. The Morgan fingerprint density at radius 2 is 1.79 bits per heavy atom. The lowest BCUT2D eigenvalue weighted by atomic mass is 9.82. The van der Waals surface area contributed by atoms with Gasteiger partial charge < -0.3 is 4.84 Å². The fourth-order valence-corrected chi connectivity index (χ4v) is 2.58. The first-order chi connectivity index (χ1) is 9.06. The molecule has 2 heteroatoms. The van der Waals surface area contributed by atoms with Crippen molar-refractivity contribution in [2.75, 3.05) is 0 Å². The quantitative estimate of drug-likeness (QED) is 0.566. The highest BCUT2D eigenvalue weighted by Crippen LogP contribution is 2.33. The number of hydrogen-bond donors (Lipinski definition) is 0. The second-order valence-corrected chi connectivity index (χ2v) is 6.33. The lowest BCUT2D eigenvalue weighted by molar-refractivity contribution is 0.00198. The predicted molar refractivity (Wildman–Crippen MR) is 79.6 cm³/mol. The van der Waals surface area contributed by atoms with E-state index in [2.05, 4.69) is 29.6 Å². The van der Waals surface area contributed by atoms with Crippen molar-refractivity contribution in [2.24, 2.45) is 5.16 Å². The third-order valence-corrected chi connectivity index (χ3v) is 3.49. The lowest BCUT2D eigenvalue weighted by Crippen LogP contribution is -2.15. The zero-order valence-corrected chi connectivity index (χ0v) is 12.3. The molecule has 0 aliphatic heterocycles. The van der Waals surface area contributed by atoms with E-state index in [1.54, 1.807) is 0 Å². The summed E-state index contributed by atoms with van der Waals surface area (Å²) in [5.41, 5.74) is 2.20. The van der Waals surface area contributed by atoms with Gasteiger partial charge in [0.2, 0.25) is 0 Å². The molecule has 2 rings (SSSR count). The van der Waals surface area contributed by atoms with Gasteiger partial charge in [-0.3, -0.25) is 0 Å². The van der Waals surface area contributed by atoms with Crippen molar-refractivity contribution in [1.29, 1.82) is 0 Å². The maximum atomic E-state index is 5.39. The van der Waals surface area contributed by atoms with E-state index in [9.17, 15) is 0 Å². The molecule has 1 saturated carbocycles. The van der Waals surface area contributed by atoms with Crippen LogP contribution in [0.2, 0.25) is 0 Å². The molecule has 1 aromatic rings. The third-order valence-electron chi connectivity index (χ3n) is 3.49. The van der Waals surface area contributed by atoms with E-state index in [0.717, 1.165) is 5.56 Å². The molecule has 1 fully saturated rings. The Hall–Kier alpha value is -1.31. The summed E-state index contributed by atoms with van der Waals surface area (Å²) in [7, 11) is 0. The Bertz CT molecular complexity index is 425. The lowest BCUT2D eigenvalue weighted by Gasteiger charge is -2.23. The summed E-state index contributed by atoms with van der Waals surface area (Å²) >= 11 is 0. The first kappa shape index (κ1) is 14.1. The minimum absolute atomic E-state index is 0.257. The van der Waals surface area contributed by atoms with Gasteiger partial charge in [-0.05, 0) is 45.1 Å². The van der Waals surface area contributed by atoms with Gasteiger partial charge in [-0.1, -0.05) is 48.7 Å². The van der Waals surface area contributed by atoms with E-state index in [1.165, 1.54) is 37.7 Å². The van der Waals surface area contributed by atoms with Gasteiger partial charge in [-0.15, -0.1) is 0 Å². The standard InChI is InChI=1S/C17H24NO/c1-17(2,3)19-18-13-15-11-7-8-12-16(15)14-9-5-4-6-10-14/h7-8,11-12,14H,4-6,9-10H2,1-3H3. The van der Waals surface area contributed by atoms with Gasteiger partial charge in [0.1, 0.15) is 11.8 Å². The molecule has 0 unspecified atom stereocenters. The van der Waals surface area contributed by atoms with Crippen LogP contribution in [0.1, 0.15) is 69.9 Å². The van der Waals surface area contributed by atoms with Gasteiger partial charge in [0.15, 0.2) is 0 Å². The van der Waals surface area contributed by atoms with Crippen LogP contribution in [-0.4, -0.2) is 11.8 Å². The number of nitrogens with zero attached hydrogens (tertiary/aromatic N) is 1. The second kappa shape index (κ2) is 6.23. The summed E-state index contributed by atoms with van der Waals surface area (Å²) in [5, 5.41) is 4.02. The number of hydrogen-bond acceptors (Lipinski definition) is 2. The average molecular weight is 258 g/mol. The molecule has 0 N–H and O–H groups in total. The molecule has 0 heterocycles. The van der Waals surface area contributed by atoms with Crippen molar-refractivity contribution < 1.29 is 4.84 Å². The van der Waals surface area contributed by atoms with Gasteiger partial charge in [-0.2, -0.15) is 0 Å². The van der Waals surface area contributed by atoms with Gasteiger partial charge in [0.05, 0.1) is 0 Å². The topological polar surface area (TPSA) is 21.6 Å². The smallest absolute Gasteiger partial charge is 0.140 e. The first-order valence-corrected chi connectivity index (χ1v) is 7.29. The highest BCUT2D eigenvalue weighted by atomic mass is 16.6. The van der Waals surface area contributed by atoms with Crippen LogP contribution in [0.3, 0.4) is 0 Å². The molecule has 0 aromatic heterocycles. The van der Waals surface area contributed by atoms with E-state index >= 15 is 0 Å². The molecule has 0 amide bonds. The fourth-order valence-electron chi connectivity index (χ4n) is 2.58. The van der Waals surface area contributed by atoms with Gasteiger partial charge >= 0.3 is 0 Å². The van der Waals surface area contributed by atoms with Crippen molar-refractivity contribution in [3.05, 3.63) is 35.4 Å². The van der Waals surface area contributed by atoms with Crippen LogP contribution in [0.15, 0.2) is 29.4 Å². The van der Waals surface area contributed by atoms with Crippen LogP contribution in [0.5, 0.6) is 0 Å². The molecule has 0 bridgehead atoms. The molecule has 2 nitrogen and oxygen atoms in total. The molecule has 0 spiro atoms. The van der Waals surface area contributed by atoms with E-state index in [4.69, 9.17) is 4.84 Å². The minimum atomic E-state index is -0.257. The number of benzene rings is 1. The van der Waals surface area contributed by atoms with E-state index in [1.807, 2.05) is 26.8 Å². The summed E-state index contributed by atoms with van der Waals surface area (Å²) in [6.45, 7) is 5.97. The third kappa shape index (κ3) is 4.38. The molecular weight excluding hydrogens is 234 g/mol. The van der Waals surface area contributed by atoms with Crippen LogP contribution in [-0.2, 0) is 4.84 Å². The highest BCUT2D eigenvalue weighted by molar-refractivity contribution is 5.81. The Morgan fingerprint density at radius 1 is 1.11 bits per heavy atom. The van der Waals surface area contributed by atoms with Gasteiger partial charge in [-0.25, -0.2) is 0 Å². The van der Waals surface area contributed by atoms with Crippen molar-refractivity contribution in [2.45, 2.75) is 64.4 Å². The Kier molecular flexibility index (Phi) is 4.62. The largest absolute Gasteiger partial charge is 0.390 e. The zero-order chi connectivity index (χ0) is 13.7. The molecule has 103 valence electrons. The van der Waals surface area contributed by atoms with Crippen LogP contribution in [0.4, 0.5) is 0 Å². The maximum Gasteiger partial charge on any atom is 0.140 e. The van der Waals surface area contributed by atoms with Crippen LogP contribution in [0.25, 0.3) is 0 Å². The van der Waals surface area contributed by atoms with E-state index in [-0.39, 0.29) is 5.60 Å². The Balaban J connectivity index is 2.11. The van der Waals surface area contributed by atoms with Gasteiger partial charge in [0.25, 0.3) is 0 Å². The molecule has 1 aromatic carbocycles.